The first kappa shape index (κ1) is 18.5. The van der Waals surface area contributed by atoms with Crippen molar-refractivity contribution in [1.29, 1.82) is 0 Å². The molecule has 25 heavy (non-hydrogen) atoms. The van der Waals surface area contributed by atoms with Gasteiger partial charge in [0.2, 0.25) is 0 Å². The Morgan fingerprint density at radius 1 is 1.16 bits per heavy atom. The molecule has 0 saturated carbocycles. The highest BCUT2D eigenvalue weighted by Gasteiger charge is 2.14. The van der Waals surface area contributed by atoms with E-state index in [0.717, 1.165) is 5.01 Å². The Kier molecular flexibility index (Phi) is 6.14. The van der Waals surface area contributed by atoms with E-state index in [0.29, 0.717) is 17.2 Å². The van der Waals surface area contributed by atoms with Crippen molar-refractivity contribution in [1.82, 2.24) is 24.9 Å². The van der Waals surface area contributed by atoms with E-state index in [1.54, 1.807) is 30.9 Å². The monoisotopic (exact) mass is 379 g/mol. The number of hydrogen-bond acceptors (Lipinski definition) is 9. The van der Waals surface area contributed by atoms with Crippen LogP contribution in [0.4, 0.5) is 22.1 Å². The molecule has 130 valence electrons. The van der Waals surface area contributed by atoms with Crippen molar-refractivity contribution in [3.8, 4) is 5.88 Å². The maximum absolute atomic E-state index is 12.0. The first-order valence-electron chi connectivity index (χ1n) is 6.87. The van der Waals surface area contributed by atoms with E-state index in [4.69, 9.17) is 4.74 Å². The van der Waals surface area contributed by atoms with E-state index in [1.807, 2.05) is 6.92 Å². The van der Waals surface area contributed by atoms with Crippen LogP contribution in [0.3, 0.4) is 0 Å². The van der Waals surface area contributed by atoms with Crippen molar-refractivity contribution in [2.75, 3.05) is 10.6 Å². The summed E-state index contributed by atoms with van der Waals surface area (Å²) in [5, 5.41) is 8.06. The second-order valence-corrected chi connectivity index (χ2v) is 5.75. The zero-order chi connectivity index (χ0) is 16.9. The molecule has 0 aliphatic carbocycles. The summed E-state index contributed by atoms with van der Waals surface area (Å²) >= 11 is 1.42. The number of aryl methyl sites for hydroxylation is 2. The predicted octanol–water partition coefficient (Wildman–Crippen LogP) is 3.12. The van der Waals surface area contributed by atoms with Gasteiger partial charge in [-0.05, 0) is 13.8 Å². The van der Waals surface area contributed by atoms with E-state index >= 15 is 0 Å². The average Bonchev–Trinajstić information content (AvgIpc) is 2.96. The molecular weight excluding hydrogens is 366 g/mol. The van der Waals surface area contributed by atoms with Crippen LogP contribution in [0.5, 0.6) is 5.88 Å². The molecule has 0 radical (unpaired) electrons. The maximum atomic E-state index is 12.0. The van der Waals surface area contributed by atoms with E-state index in [9.17, 15) is 4.79 Å². The molecule has 3 aromatic rings. The lowest BCUT2D eigenvalue weighted by Crippen LogP contribution is -2.18. The fraction of sp³-hybridized carbons (Fsp3) is 0.143. The fourth-order valence-electron chi connectivity index (χ4n) is 1.75. The Hall–Kier alpha value is -2.85. The normalized spacial score (nSPS) is 9.84. The number of aromatic nitrogens is 5. The maximum Gasteiger partial charge on any atom is 0.419 e. The fourth-order valence-corrected chi connectivity index (χ4v) is 2.30. The minimum Gasteiger partial charge on any atom is -0.387 e. The molecule has 1 amide bonds. The molecule has 3 rings (SSSR count). The Labute approximate surface area is 153 Å². The molecule has 3 aromatic heterocycles. The molecule has 0 spiro atoms. The van der Waals surface area contributed by atoms with Gasteiger partial charge in [0.15, 0.2) is 5.82 Å². The first-order chi connectivity index (χ1) is 11.6. The minimum atomic E-state index is -0.701. The largest absolute Gasteiger partial charge is 0.419 e. The molecule has 0 aliphatic rings. The van der Waals surface area contributed by atoms with Crippen molar-refractivity contribution in [3.63, 3.8) is 0 Å². The lowest BCUT2D eigenvalue weighted by molar-refractivity contribution is 0.213. The molecule has 0 atom stereocenters. The van der Waals surface area contributed by atoms with Crippen LogP contribution >= 0.6 is 23.7 Å². The second-order valence-electron chi connectivity index (χ2n) is 4.68. The number of rotatable bonds is 4. The van der Waals surface area contributed by atoms with Gasteiger partial charge < -0.3 is 10.1 Å². The van der Waals surface area contributed by atoms with Crippen LogP contribution in [0, 0.1) is 13.8 Å². The number of nitrogens with zero attached hydrogens (tertiary/aromatic N) is 5. The highest BCUT2D eigenvalue weighted by molar-refractivity contribution is 7.09. The summed E-state index contributed by atoms with van der Waals surface area (Å²) in [5.74, 6) is 0.748. The zero-order valence-corrected chi connectivity index (χ0v) is 14.9. The van der Waals surface area contributed by atoms with Crippen LogP contribution in [-0.4, -0.2) is 31.0 Å². The quantitative estimate of drug-likeness (QED) is 0.710. The smallest absolute Gasteiger partial charge is 0.387 e. The molecule has 0 aliphatic heterocycles. The standard InChI is InChI=1S/C14H13N7O2S.ClH/c1-8-3-17-12(20-10-4-15-7-16-5-10)13(18-8)23-14(22)21-11-6-24-9(2)19-11;/h3-7H,1-2H3,(H,17,20)(H,21,22);1H. The van der Waals surface area contributed by atoms with Crippen molar-refractivity contribution >= 4 is 47.2 Å². The van der Waals surface area contributed by atoms with Crippen LogP contribution < -0.4 is 15.4 Å². The van der Waals surface area contributed by atoms with Gasteiger partial charge in [0.25, 0.3) is 5.88 Å². The van der Waals surface area contributed by atoms with Gasteiger partial charge in [-0.1, -0.05) is 0 Å². The first-order valence-corrected chi connectivity index (χ1v) is 7.75. The van der Waals surface area contributed by atoms with E-state index < -0.39 is 6.09 Å². The van der Waals surface area contributed by atoms with Gasteiger partial charge >= 0.3 is 6.09 Å². The van der Waals surface area contributed by atoms with Crippen molar-refractivity contribution in [2.24, 2.45) is 0 Å². The lowest BCUT2D eigenvalue weighted by Gasteiger charge is -2.10. The van der Waals surface area contributed by atoms with Crippen LogP contribution in [0.25, 0.3) is 0 Å². The highest BCUT2D eigenvalue weighted by atomic mass is 35.5. The highest BCUT2D eigenvalue weighted by Crippen LogP contribution is 2.23. The van der Waals surface area contributed by atoms with Gasteiger partial charge in [-0.25, -0.2) is 29.7 Å². The minimum absolute atomic E-state index is 0. The number of thiazole rings is 1. The third-order valence-corrected chi connectivity index (χ3v) is 3.50. The van der Waals surface area contributed by atoms with Crippen LogP contribution in [-0.2, 0) is 0 Å². The Morgan fingerprint density at radius 2 is 1.92 bits per heavy atom. The Bertz CT molecular complexity index is 859. The predicted molar refractivity (Wildman–Crippen MR) is 95.8 cm³/mol. The number of amides is 1. The molecular formula is C14H14ClN7O2S. The SMILES string of the molecule is Cc1cnc(Nc2cncnc2)c(OC(=O)Nc2csc(C)n2)n1.Cl. The van der Waals surface area contributed by atoms with Gasteiger partial charge in [-0.2, -0.15) is 0 Å². The number of carbonyl (C=O) groups is 1. The average molecular weight is 380 g/mol. The summed E-state index contributed by atoms with van der Waals surface area (Å²) in [6.07, 6.45) is 5.40. The van der Waals surface area contributed by atoms with Crippen molar-refractivity contribution in [3.05, 3.63) is 41.0 Å². The molecule has 0 aromatic carbocycles. The number of hydrogen-bond donors (Lipinski definition) is 2. The number of ether oxygens (including phenoxy) is 1. The van der Waals surface area contributed by atoms with E-state index in [1.165, 1.54) is 17.7 Å². The number of nitrogens with one attached hydrogen (secondary N) is 2. The summed E-state index contributed by atoms with van der Waals surface area (Å²) in [7, 11) is 0. The van der Waals surface area contributed by atoms with Crippen LogP contribution in [0.15, 0.2) is 30.3 Å². The van der Waals surface area contributed by atoms with Crippen molar-refractivity contribution in [2.45, 2.75) is 13.8 Å². The summed E-state index contributed by atoms with van der Waals surface area (Å²) in [6.45, 7) is 3.59. The summed E-state index contributed by atoms with van der Waals surface area (Å²) in [4.78, 5) is 32.3. The lowest BCUT2D eigenvalue weighted by atomic mass is 10.4. The topological polar surface area (TPSA) is 115 Å². The molecule has 11 heteroatoms. The summed E-state index contributed by atoms with van der Waals surface area (Å²) < 4.78 is 5.25. The number of anilines is 3. The third-order valence-electron chi connectivity index (χ3n) is 2.72. The Balaban J connectivity index is 0.00000225. The molecule has 0 bridgehead atoms. The van der Waals surface area contributed by atoms with Gasteiger partial charge in [0.05, 0.1) is 35.0 Å². The third kappa shape index (κ3) is 5.06. The number of carbonyl (C=O) groups excluding carboxylic acids is 1. The van der Waals surface area contributed by atoms with Gasteiger partial charge in [-0.3, -0.25) is 5.32 Å². The second kappa shape index (κ2) is 8.31. The van der Waals surface area contributed by atoms with Crippen LogP contribution in [0.2, 0.25) is 0 Å². The van der Waals surface area contributed by atoms with E-state index in [2.05, 4.69) is 35.6 Å². The van der Waals surface area contributed by atoms with Gasteiger partial charge in [-0.15, -0.1) is 23.7 Å². The van der Waals surface area contributed by atoms with Gasteiger partial charge in [0.1, 0.15) is 12.1 Å². The zero-order valence-electron chi connectivity index (χ0n) is 13.3. The Morgan fingerprint density at radius 3 is 2.60 bits per heavy atom. The molecule has 0 saturated heterocycles. The van der Waals surface area contributed by atoms with E-state index in [-0.39, 0.29) is 24.1 Å². The molecule has 3 heterocycles. The molecule has 2 N–H and O–H groups in total. The molecule has 9 nitrogen and oxygen atoms in total. The van der Waals surface area contributed by atoms with Gasteiger partial charge in [0, 0.05) is 5.38 Å². The summed E-state index contributed by atoms with van der Waals surface area (Å²) in [6, 6.07) is 0. The van der Waals surface area contributed by atoms with Crippen LogP contribution in [0.1, 0.15) is 10.7 Å². The van der Waals surface area contributed by atoms with Crippen molar-refractivity contribution < 1.29 is 9.53 Å². The molecule has 0 fully saturated rings. The number of halogens is 1. The summed E-state index contributed by atoms with van der Waals surface area (Å²) in [5.41, 5.74) is 1.20. The molecule has 0 unspecified atom stereocenters.